The van der Waals surface area contributed by atoms with Gasteiger partial charge in [0.05, 0.1) is 5.60 Å². The molecule has 1 nitrogen and oxygen atoms in total. The van der Waals surface area contributed by atoms with Gasteiger partial charge in [-0.3, -0.25) is 0 Å². The number of rotatable bonds is 4. The molecule has 0 saturated heterocycles. The second-order valence-electron chi connectivity index (χ2n) is 6.98. The molecule has 0 unspecified atom stereocenters. The third-order valence-electron chi connectivity index (χ3n) is 2.51. The summed E-state index contributed by atoms with van der Waals surface area (Å²) >= 11 is 0. The van der Waals surface area contributed by atoms with Crippen LogP contribution in [0.15, 0.2) is 30.3 Å². The fraction of sp³-hybridized carbons (Fsp3) is 0.579. The molecule has 0 radical (unpaired) electrons. The number of benzene rings is 1. The molecular formula is C19H32O. The van der Waals surface area contributed by atoms with Crippen molar-refractivity contribution >= 4 is 6.08 Å². The lowest BCUT2D eigenvalue weighted by molar-refractivity contribution is 0.0841. The highest BCUT2D eigenvalue weighted by molar-refractivity contribution is 5.50. The standard InChI is InChI=1S/C15H22O.C4H10/c1-12(2)14-9-5-7-13(11-14)8-6-10-15(3,4)16;1-4(2)3/h5-9,11-12,16H,10H2,1-4H3;4H,1-3H3/b8-6+;. The Labute approximate surface area is 125 Å². The Kier molecular flexibility index (Phi) is 8.48. The fourth-order valence-corrected chi connectivity index (χ4v) is 1.51. The average Bonchev–Trinajstić information content (AvgIpc) is 2.26. The molecule has 0 amide bonds. The summed E-state index contributed by atoms with van der Waals surface area (Å²) in [6.07, 6.45) is 4.78. The van der Waals surface area contributed by atoms with E-state index in [9.17, 15) is 5.11 Å². The second-order valence-corrected chi connectivity index (χ2v) is 6.98. The number of aliphatic hydroxyl groups is 1. The van der Waals surface area contributed by atoms with Crippen LogP contribution >= 0.6 is 0 Å². The number of hydrogen-bond acceptors (Lipinski definition) is 1. The van der Waals surface area contributed by atoms with Crippen LogP contribution < -0.4 is 0 Å². The van der Waals surface area contributed by atoms with Crippen molar-refractivity contribution < 1.29 is 5.11 Å². The molecule has 0 fully saturated rings. The highest BCUT2D eigenvalue weighted by atomic mass is 16.3. The third kappa shape index (κ3) is 10.8. The summed E-state index contributed by atoms with van der Waals surface area (Å²) in [5, 5.41) is 9.59. The third-order valence-corrected chi connectivity index (χ3v) is 2.51. The first-order valence-electron chi connectivity index (χ1n) is 7.60. The van der Waals surface area contributed by atoms with Crippen LogP contribution in [0.3, 0.4) is 0 Å². The van der Waals surface area contributed by atoms with Gasteiger partial charge in [-0.1, -0.05) is 71.0 Å². The van der Waals surface area contributed by atoms with E-state index in [0.717, 1.165) is 5.92 Å². The van der Waals surface area contributed by atoms with Crippen LogP contribution in [0.5, 0.6) is 0 Å². The Morgan fingerprint density at radius 1 is 1.10 bits per heavy atom. The molecule has 0 aliphatic heterocycles. The Morgan fingerprint density at radius 3 is 2.10 bits per heavy atom. The van der Waals surface area contributed by atoms with Crippen molar-refractivity contribution in [1.29, 1.82) is 0 Å². The summed E-state index contributed by atoms with van der Waals surface area (Å²) in [5.74, 6) is 1.39. The maximum atomic E-state index is 9.59. The molecule has 0 aliphatic rings. The van der Waals surface area contributed by atoms with Gasteiger partial charge in [-0.15, -0.1) is 0 Å². The molecule has 0 aromatic heterocycles. The number of hydrogen-bond donors (Lipinski definition) is 1. The molecule has 0 aliphatic carbocycles. The zero-order valence-electron chi connectivity index (χ0n) is 14.3. The van der Waals surface area contributed by atoms with Crippen molar-refractivity contribution in [3.05, 3.63) is 41.5 Å². The van der Waals surface area contributed by atoms with Gasteiger partial charge in [-0.2, -0.15) is 0 Å². The van der Waals surface area contributed by atoms with Gasteiger partial charge in [-0.05, 0) is 43.2 Å². The van der Waals surface area contributed by atoms with E-state index in [2.05, 4.69) is 65.0 Å². The molecule has 1 rings (SSSR count). The summed E-state index contributed by atoms with van der Waals surface area (Å²) in [4.78, 5) is 0. The van der Waals surface area contributed by atoms with E-state index in [1.54, 1.807) is 0 Å². The predicted molar refractivity (Wildman–Crippen MR) is 91.0 cm³/mol. The highest BCUT2D eigenvalue weighted by Crippen LogP contribution is 2.17. The van der Waals surface area contributed by atoms with Gasteiger partial charge in [0.2, 0.25) is 0 Å². The normalized spacial score (nSPS) is 11.9. The zero-order valence-corrected chi connectivity index (χ0v) is 14.3. The minimum Gasteiger partial charge on any atom is -0.390 e. The average molecular weight is 276 g/mol. The van der Waals surface area contributed by atoms with Crippen molar-refractivity contribution in [3.8, 4) is 0 Å². The Morgan fingerprint density at radius 2 is 1.65 bits per heavy atom. The van der Waals surface area contributed by atoms with Crippen molar-refractivity contribution in [1.82, 2.24) is 0 Å². The van der Waals surface area contributed by atoms with E-state index in [1.165, 1.54) is 11.1 Å². The first-order chi connectivity index (χ1) is 9.11. The maximum absolute atomic E-state index is 9.59. The molecule has 20 heavy (non-hydrogen) atoms. The molecule has 114 valence electrons. The topological polar surface area (TPSA) is 20.2 Å². The molecule has 0 saturated carbocycles. The second kappa shape index (κ2) is 8.97. The summed E-state index contributed by atoms with van der Waals surface area (Å²) in [6.45, 7) is 14.5. The van der Waals surface area contributed by atoms with Gasteiger partial charge in [0.25, 0.3) is 0 Å². The van der Waals surface area contributed by atoms with Crippen LogP contribution in [0.1, 0.15) is 71.9 Å². The summed E-state index contributed by atoms with van der Waals surface area (Å²) in [5.41, 5.74) is 1.94. The van der Waals surface area contributed by atoms with Crippen molar-refractivity contribution in [2.75, 3.05) is 0 Å². The first-order valence-corrected chi connectivity index (χ1v) is 7.60. The highest BCUT2D eigenvalue weighted by Gasteiger charge is 2.08. The van der Waals surface area contributed by atoms with Crippen molar-refractivity contribution in [2.45, 2.75) is 66.4 Å². The van der Waals surface area contributed by atoms with Crippen LogP contribution in [0.25, 0.3) is 6.08 Å². The summed E-state index contributed by atoms with van der Waals surface area (Å²) < 4.78 is 0. The summed E-state index contributed by atoms with van der Waals surface area (Å²) in [7, 11) is 0. The van der Waals surface area contributed by atoms with Gasteiger partial charge >= 0.3 is 0 Å². The minimum absolute atomic E-state index is 0.558. The molecule has 0 atom stereocenters. The zero-order chi connectivity index (χ0) is 15.8. The van der Waals surface area contributed by atoms with Crippen LogP contribution in [0.4, 0.5) is 0 Å². The van der Waals surface area contributed by atoms with E-state index < -0.39 is 5.60 Å². The summed E-state index contributed by atoms with van der Waals surface area (Å²) in [6, 6.07) is 8.52. The van der Waals surface area contributed by atoms with E-state index in [1.807, 2.05) is 19.9 Å². The molecule has 0 spiro atoms. The minimum atomic E-state index is -0.619. The molecule has 1 aromatic carbocycles. The Bertz CT molecular complexity index is 392. The molecule has 0 heterocycles. The van der Waals surface area contributed by atoms with E-state index in [-0.39, 0.29) is 0 Å². The van der Waals surface area contributed by atoms with Crippen LogP contribution in [-0.2, 0) is 0 Å². The predicted octanol–water partition coefficient (Wildman–Crippen LogP) is 5.65. The molecule has 1 aromatic rings. The van der Waals surface area contributed by atoms with Gasteiger partial charge in [-0.25, -0.2) is 0 Å². The van der Waals surface area contributed by atoms with E-state index >= 15 is 0 Å². The lowest BCUT2D eigenvalue weighted by Gasteiger charge is -2.13. The van der Waals surface area contributed by atoms with Crippen molar-refractivity contribution in [2.24, 2.45) is 5.92 Å². The van der Waals surface area contributed by atoms with Crippen molar-refractivity contribution in [3.63, 3.8) is 0 Å². The van der Waals surface area contributed by atoms with E-state index in [4.69, 9.17) is 0 Å². The van der Waals surface area contributed by atoms with Gasteiger partial charge in [0.1, 0.15) is 0 Å². The van der Waals surface area contributed by atoms with Crippen LogP contribution in [0, 0.1) is 5.92 Å². The molecule has 0 bridgehead atoms. The largest absolute Gasteiger partial charge is 0.390 e. The van der Waals surface area contributed by atoms with E-state index in [0.29, 0.717) is 12.3 Å². The first kappa shape index (κ1) is 18.9. The maximum Gasteiger partial charge on any atom is 0.0626 e. The Balaban J connectivity index is 0.000000796. The Hall–Kier alpha value is -1.08. The smallest absolute Gasteiger partial charge is 0.0626 e. The van der Waals surface area contributed by atoms with Gasteiger partial charge in [0.15, 0.2) is 0 Å². The lowest BCUT2D eigenvalue weighted by Crippen LogP contribution is -2.16. The quantitative estimate of drug-likeness (QED) is 0.753. The monoisotopic (exact) mass is 276 g/mol. The molecular weight excluding hydrogens is 244 g/mol. The van der Waals surface area contributed by atoms with Crippen LogP contribution in [0.2, 0.25) is 0 Å². The SMILES string of the molecule is CC(C)C.CC(C)c1cccc(/C=C/CC(C)(C)O)c1. The van der Waals surface area contributed by atoms with Gasteiger partial charge < -0.3 is 5.11 Å². The fourth-order valence-electron chi connectivity index (χ4n) is 1.51. The molecule has 1 N–H and O–H groups in total. The van der Waals surface area contributed by atoms with Gasteiger partial charge in [0, 0.05) is 0 Å². The molecule has 1 heteroatoms. The lowest BCUT2D eigenvalue weighted by atomic mass is 10.00. The van der Waals surface area contributed by atoms with Crippen LogP contribution in [-0.4, -0.2) is 10.7 Å².